The highest BCUT2D eigenvalue weighted by atomic mass is 32.2. The van der Waals surface area contributed by atoms with Crippen molar-refractivity contribution in [3.8, 4) is 0 Å². The topological polar surface area (TPSA) is 39.2 Å². The minimum absolute atomic E-state index is 0.0867. The predicted octanol–water partition coefficient (Wildman–Crippen LogP) is 4.32. The van der Waals surface area contributed by atoms with Gasteiger partial charge in [-0.1, -0.05) is 17.8 Å². The van der Waals surface area contributed by atoms with Crippen LogP contribution in [0.2, 0.25) is 0 Å². The molecule has 3 nitrogen and oxygen atoms in total. The molecule has 4 bridgehead atoms. The number of esters is 1. The van der Waals surface area contributed by atoms with Crippen LogP contribution >= 0.6 is 11.8 Å². The van der Waals surface area contributed by atoms with Crippen LogP contribution in [0.1, 0.15) is 44.9 Å². The molecule has 5 rings (SSSR count). The van der Waals surface area contributed by atoms with E-state index in [1.807, 2.05) is 18.2 Å². The van der Waals surface area contributed by atoms with Gasteiger partial charge in [0.2, 0.25) is 0 Å². The van der Waals surface area contributed by atoms with Crippen molar-refractivity contribution < 1.29 is 9.53 Å². The lowest BCUT2D eigenvalue weighted by Gasteiger charge is -2.57. The zero-order chi connectivity index (χ0) is 15.9. The average Bonchev–Trinajstić information content (AvgIpc) is 2.53. The maximum absolute atomic E-state index is 12.4. The molecular formula is C19H25NO2S. The molecule has 0 aliphatic heterocycles. The third-order valence-electron chi connectivity index (χ3n) is 6.15. The van der Waals surface area contributed by atoms with Crippen molar-refractivity contribution in [2.24, 2.45) is 23.2 Å². The largest absolute Gasteiger partial charge is 0.468 e. The molecule has 4 aliphatic carbocycles. The fourth-order valence-electron chi connectivity index (χ4n) is 5.80. The van der Waals surface area contributed by atoms with Crippen molar-refractivity contribution in [3.63, 3.8) is 0 Å². The number of rotatable bonds is 5. The molecule has 124 valence electrons. The van der Waals surface area contributed by atoms with Gasteiger partial charge in [-0.05, 0) is 80.2 Å². The molecule has 1 unspecified atom stereocenters. The van der Waals surface area contributed by atoms with Crippen LogP contribution in [0, 0.1) is 23.2 Å². The van der Waals surface area contributed by atoms with E-state index in [-0.39, 0.29) is 11.2 Å². The molecule has 0 amide bonds. The highest BCUT2D eigenvalue weighted by molar-refractivity contribution is 8.00. The summed E-state index contributed by atoms with van der Waals surface area (Å²) in [5, 5.41) is 0.804. The molecule has 1 aromatic rings. The number of carbonyl (C=O) groups is 1. The van der Waals surface area contributed by atoms with Crippen LogP contribution in [0.5, 0.6) is 0 Å². The van der Waals surface area contributed by atoms with E-state index in [1.54, 1.807) is 18.0 Å². The number of pyridine rings is 1. The number of carbonyl (C=O) groups excluding carboxylic acids is 1. The molecule has 0 radical (unpaired) electrons. The van der Waals surface area contributed by atoms with E-state index in [0.29, 0.717) is 5.41 Å². The smallest absolute Gasteiger partial charge is 0.319 e. The Balaban J connectivity index is 1.52. The van der Waals surface area contributed by atoms with Gasteiger partial charge in [0.15, 0.2) is 0 Å². The Bertz CT molecular complexity index is 539. The Kier molecular flexibility index (Phi) is 4.12. The maximum atomic E-state index is 12.4. The Morgan fingerprint density at radius 1 is 1.26 bits per heavy atom. The van der Waals surface area contributed by atoms with Gasteiger partial charge in [0.25, 0.3) is 0 Å². The number of hydrogen-bond acceptors (Lipinski definition) is 4. The molecule has 4 saturated carbocycles. The fourth-order valence-corrected chi connectivity index (χ4v) is 7.00. The van der Waals surface area contributed by atoms with Gasteiger partial charge in [-0.2, -0.15) is 0 Å². The van der Waals surface area contributed by atoms with Gasteiger partial charge in [0.05, 0.1) is 12.1 Å². The highest BCUT2D eigenvalue weighted by Crippen LogP contribution is 2.62. The van der Waals surface area contributed by atoms with E-state index in [4.69, 9.17) is 4.74 Å². The second kappa shape index (κ2) is 6.12. The van der Waals surface area contributed by atoms with E-state index in [0.717, 1.165) is 29.2 Å². The summed E-state index contributed by atoms with van der Waals surface area (Å²) >= 11 is 1.58. The van der Waals surface area contributed by atoms with E-state index in [9.17, 15) is 4.79 Å². The molecule has 23 heavy (non-hydrogen) atoms. The zero-order valence-corrected chi connectivity index (χ0v) is 14.6. The van der Waals surface area contributed by atoms with Gasteiger partial charge in [-0.15, -0.1) is 0 Å². The number of ether oxygens (including phenoxy) is 1. The second-order valence-electron chi connectivity index (χ2n) is 7.92. The highest BCUT2D eigenvalue weighted by Gasteiger charge is 2.52. The Morgan fingerprint density at radius 3 is 2.43 bits per heavy atom. The van der Waals surface area contributed by atoms with Crippen LogP contribution in [0.25, 0.3) is 0 Å². The molecule has 0 N–H and O–H groups in total. The van der Waals surface area contributed by atoms with Crippen LogP contribution in [0.15, 0.2) is 29.4 Å². The van der Waals surface area contributed by atoms with Gasteiger partial charge in [-0.3, -0.25) is 4.79 Å². The van der Waals surface area contributed by atoms with Crippen LogP contribution in [-0.2, 0) is 9.53 Å². The standard InChI is InChI=1S/C19H25NO2S/c1-22-18(21)16(23-17-4-2-3-5-20-17)12-19-9-13-6-14(10-19)8-15(7-13)11-19/h2-5,13-16H,6-12H2,1H3. The molecule has 4 heteroatoms. The third-order valence-corrected chi connectivity index (χ3v) is 7.27. The molecule has 0 saturated heterocycles. The second-order valence-corrected chi connectivity index (χ2v) is 9.14. The van der Waals surface area contributed by atoms with Crippen LogP contribution in [0.3, 0.4) is 0 Å². The first kappa shape index (κ1) is 15.5. The van der Waals surface area contributed by atoms with Crippen molar-refractivity contribution in [2.45, 2.75) is 55.2 Å². The van der Waals surface area contributed by atoms with Crippen molar-refractivity contribution in [1.82, 2.24) is 4.98 Å². The molecule has 1 heterocycles. The Morgan fingerprint density at radius 2 is 1.91 bits per heavy atom. The van der Waals surface area contributed by atoms with Gasteiger partial charge in [-0.25, -0.2) is 4.98 Å². The normalized spacial score (nSPS) is 36.0. The lowest BCUT2D eigenvalue weighted by Crippen LogP contribution is -2.47. The first-order valence-corrected chi connectivity index (χ1v) is 9.69. The van der Waals surface area contributed by atoms with E-state index in [1.165, 1.54) is 45.6 Å². The minimum atomic E-state index is -0.119. The third kappa shape index (κ3) is 3.15. The van der Waals surface area contributed by atoms with Crippen molar-refractivity contribution >= 4 is 17.7 Å². The molecule has 4 fully saturated rings. The summed E-state index contributed by atoms with van der Waals surface area (Å²) < 4.78 is 5.11. The summed E-state index contributed by atoms with van der Waals surface area (Å²) in [6.45, 7) is 0. The van der Waals surface area contributed by atoms with E-state index in [2.05, 4.69) is 4.98 Å². The van der Waals surface area contributed by atoms with E-state index < -0.39 is 0 Å². The van der Waals surface area contributed by atoms with Crippen molar-refractivity contribution in [1.29, 1.82) is 0 Å². The SMILES string of the molecule is COC(=O)C(CC12CC3CC(CC(C3)C1)C2)Sc1ccccn1. The first-order chi connectivity index (χ1) is 11.2. The quantitative estimate of drug-likeness (QED) is 0.595. The van der Waals surface area contributed by atoms with Crippen molar-refractivity contribution in [2.75, 3.05) is 7.11 Å². The fraction of sp³-hybridized carbons (Fsp3) is 0.684. The number of nitrogens with zero attached hydrogens (tertiary/aromatic N) is 1. The molecular weight excluding hydrogens is 306 g/mol. The molecule has 0 spiro atoms. The molecule has 4 aliphatic rings. The number of methoxy groups -OCH3 is 1. The molecule has 0 aromatic carbocycles. The summed E-state index contributed by atoms with van der Waals surface area (Å²) in [5.41, 5.74) is 0.384. The summed E-state index contributed by atoms with van der Waals surface area (Å²) in [7, 11) is 1.51. The Labute approximate surface area is 142 Å². The summed E-state index contributed by atoms with van der Waals surface area (Å²) in [6, 6.07) is 5.88. The summed E-state index contributed by atoms with van der Waals surface area (Å²) in [4.78, 5) is 16.8. The van der Waals surface area contributed by atoms with Gasteiger partial charge in [0.1, 0.15) is 5.25 Å². The zero-order valence-electron chi connectivity index (χ0n) is 13.7. The lowest BCUT2D eigenvalue weighted by molar-refractivity contribution is -0.142. The lowest BCUT2D eigenvalue weighted by atomic mass is 9.48. The summed E-state index contributed by atoms with van der Waals surface area (Å²) in [5.74, 6) is 2.66. The monoisotopic (exact) mass is 331 g/mol. The number of hydrogen-bond donors (Lipinski definition) is 0. The number of aromatic nitrogens is 1. The molecule has 1 atom stereocenters. The Hall–Kier alpha value is -1.03. The number of thioether (sulfide) groups is 1. The average molecular weight is 331 g/mol. The van der Waals surface area contributed by atoms with E-state index >= 15 is 0 Å². The van der Waals surface area contributed by atoms with Crippen LogP contribution < -0.4 is 0 Å². The maximum Gasteiger partial charge on any atom is 0.319 e. The summed E-state index contributed by atoms with van der Waals surface area (Å²) in [6.07, 6.45) is 11.1. The van der Waals surface area contributed by atoms with Gasteiger partial charge < -0.3 is 4.74 Å². The molecule has 1 aromatic heterocycles. The first-order valence-electron chi connectivity index (χ1n) is 8.81. The van der Waals surface area contributed by atoms with Crippen LogP contribution in [-0.4, -0.2) is 23.3 Å². The minimum Gasteiger partial charge on any atom is -0.468 e. The van der Waals surface area contributed by atoms with Crippen LogP contribution in [0.4, 0.5) is 0 Å². The van der Waals surface area contributed by atoms with Gasteiger partial charge >= 0.3 is 5.97 Å². The van der Waals surface area contributed by atoms with Gasteiger partial charge in [0, 0.05) is 6.20 Å². The van der Waals surface area contributed by atoms with Crippen molar-refractivity contribution in [3.05, 3.63) is 24.4 Å². The predicted molar refractivity (Wildman–Crippen MR) is 91.1 cm³/mol.